The zero-order valence-corrected chi connectivity index (χ0v) is 17.1. The molecule has 1 unspecified atom stereocenters. The quantitative estimate of drug-likeness (QED) is 0.522. The van der Waals surface area contributed by atoms with Gasteiger partial charge in [-0.3, -0.25) is 0 Å². The Morgan fingerprint density at radius 3 is 2.71 bits per heavy atom. The van der Waals surface area contributed by atoms with Crippen molar-refractivity contribution in [3.63, 3.8) is 0 Å². The van der Waals surface area contributed by atoms with Crippen molar-refractivity contribution in [3.05, 3.63) is 69.8 Å². The van der Waals surface area contributed by atoms with Crippen molar-refractivity contribution in [2.24, 2.45) is 0 Å². The Morgan fingerprint density at radius 2 is 2.00 bits per heavy atom. The maximum absolute atomic E-state index is 12.5. The van der Waals surface area contributed by atoms with E-state index in [9.17, 15) is 4.79 Å². The van der Waals surface area contributed by atoms with E-state index in [-0.39, 0.29) is 18.6 Å². The third kappa shape index (κ3) is 4.43. The summed E-state index contributed by atoms with van der Waals surface area (Å²) >= 11 is 12.6. The van der Waals surface area contributed by atoms with E-state index in [1.807, 2.05) is 43.5 Å². The number of urea groups is 1. The number of carbonyl (C=O) groups excluding carboxylic acids is 1. The fraction of sp³-hybridized carbons (Fsp3) is 0.286. The fourth-order valence-electron chi connectivity index (χ4n) is 3.38. The molecule has 0 fully saturated rings. The molecule has 0 aliphatic heterocycles. The number of rotatable bonds is 7. The Labute approximate surface area is 174 Å². The molecular weight excluding hydrogens is 397 g/mol. The highest BCUT2D eigenvalue weighted by molar-refractivity contribution is 6.35. The van der Waals surface area contributed by atoms with Crippen LogP contribution in [0.25, 0.3) is 10.9 Å². The summed E-state index contributed by atoms with van der Waals surface area (Å²) < 4.78 is 0. The van der Waals surface area contributed by atoms with Crippen LogP contribution in [0.1, 0.15) is 24.0 Å². The topological polar surface area (TPSA) is 68.4 Å². The number of halogens is 2. The van der Waals surface area contributed by atoms with Crippen molar-refractivity contribution < 1.29 is 9.90 Å². The van der Waals surface area contributed by atoms with E-state index < -0.39 is 0 Å². The molecule has 1 heterocycles. The van der Waals surface area contributed by atoms with Crippen molar-refractivity contribution in [3.8, 4) is 0 Å². The molecule has 2 aromatic carbocycles. The van der Waals surface area contributed by atoms with E-state index in [2.05, 4.69) is 10.3 Å². The number of aromatic nitrogens is 1. The Hall–Kier alpha value is -2.21. The molecule has 1 aromatic heterocycles. The number of fused-ring (bicyclic) bond motifs is 1. The molecule has 7 heteroatoms. The minimum Gasteiger partial charge on any atom is -0.395 e. The third-order valence-corrected chi connectivity index (χ3v) is 5.39. The summed E-state index contributed by atoms with van der Waals surface area (Å²) in [7, 11) is 0. The Morgan fingerprint density at radius 1 is 1.21 bits per heavy atom. The number of aromatic amines is 1. The maximum Gasteiger partial charge on any atom is 0.317 e. The Kier molecular flexibility index (Phi) is 6.83. The number of likely N-dealkylation sites (N-methyl/N-ethyl adjacent to an activating group) is 1. The van der Waals surface area contributed by atoms with Gasteiger partial charge in [0.15, 0.2) is 0 Å². The first-order valence-corrected chi connectivity index (χ1v) is 9.95. The highest BCUT2D eigenvalue weighted by Crippen LogP contribution is 2.35. The lowest BCUT2D eigenvalue weighted by atomic mass is 9.91. The van der Waals surface area contributed by atoms with Crippen LogP contribution in [0.2, 0.25) is 10.0 Å². The number of aliphatic hydroxyl groups is 1. The van der Waals surface area contributed by atoms with Gasteiger partial charge in [-0.25, -0.2) is 4.79 Å². The minimum atomic E-state index is -0.216. The predicted octanol–water partition coefficient (Wildman–Crippen LogP) is 4.63. The van der Waals surface area contributed by atoms with Crippen LogP contribution in [0.5, 0.6) is 0 Å². The molecule has 0 saturated heterocycles. The molecule has 5 nitrogen and oxygen atoms in total. The van der Waals surface area contributed by atoms with E-state index in [1.165, 1.54) is 0 Å². The molecule has 3 aromatic rings. The van der Waals surface area contributed by atoms with E-state index >= 15 is 0 Å². The largest absolute Gasteiger partial charge is 0.395 e. The minimum absolute atomic E-state index is 0.0733. The van der Waals surface area contributed by atoms with E-state index in [0.29, 0.717) is 29.7 Å². The van der Waals surface area contributed by atoms with Gasteiger partial charge in [-0.15, -0.1) is 0 Å². The highest BCUT2D eigenvalue weighted by atomic mass is 35.5. The number of carbonyl (C=O) groups is 1. The van der Waals surface area contributed by atoms with Crippen molar-refractivity contribution >= 4 is 40.1 Å². The van der Waals surface area contributed by atoms with Gasteiger partial charge in [0.05, 0.1) is 6.61 Å². The van der Waals surface area contributed by atoms with Gasteiger partial charge in [-0.1, -0.05) is 47.5 Å². The van der Waals surface area contributed by atoms with Gasteiger partial charge in [0.25, 0.3) is 0 Å². The molecule has 148 valence electrons. The lowest BCUT2D eigenvalue weighted by Crippen LogP contribution is -2.42. The van der Waals surface area contributed by atoms with E-state index in [0.717, 1.165) is 22.0 Å². The lowest BCUT2D eigenvalue weighted by Gasteiger charge is -2.24. The average Bonchev–Trinajstić information content (AvgIpc) is 3.11. The maximum atomic E-state index is 12.5. The molecule has 0 saturated carbocycles. The number of nitrogens with one attached hydrogen (secondary N) is 2. The number of para-hydroxylation sites is 1. The summed E-state index contributed by atoms with van der Waals surface area (Å²) in [5, 5.41) is 14.3. The number of hydrogen-bond donors (Lipinski definition) is 3. The average molecular weight is 420 g/mol. The van der Waals surface area contributed by atoms with Crippen molar-refractivity contribution in [2.75, 3.05) is 26.2 Å². The second-order valence-corrected chi connectivity index (χ2v) is 7.34. The lowest BCUT2D eigenvalue weighted by molar-refractivity contribution is 0.180. The normalized spacial score (nSPS) is 12.1. The second-order valence-electron chi connectivity index (χ2n) is 6.50. The van der Waals surface area contributed by atoms with Crippen LogP contribution in [0.4, 0.5) is 4.79 Å². The zero-order valence-electron chi connectivity index (χ0n) is 15.6. The predicted molar refractivity (Wildman–Crippen MR) is 114 cm³/mol. The van der Waals surface area contributed by atoms with Gasteiger partial charge in [0, 0.05) is 52.7 Å². The van der Waals surface area contributed by atoms with Crippen LogP contribution in [0.3, 0.4) is 0 Å². The standard InChI is InChI=1S/C21H23Cl2N3O2/c1-2-26(9-10-27)21(28)25-13-17(15-8-7-14(22)11-19(15)23)18-12-24-20-6-4-3-5-16(18)20/h3-8,11-12,17,24,27H,2,9-10,13H2,1H3,(H,25,28). The first-order chi connectivity index (χ1) is 13.5. The van der Waals surface area contributed by atoms with Gasteiger partial charge < -0.3 is 20.3 Å². The van der Waals surface area contributed by atoms with Crippen LogP contribution >= 0.6 is 23.2 Å². The third-order valence-electron chi connectivity index (χ3n) is 4.83. The molecule has 0 bridgehead atoms. The van der Waals surface area contributed by atoms with Gasteiger partial charge in [-0.05, 0) is 36.2 Å². The van der Waals surface area contributed by atoms with Crippen LogP contribution < -0.4 is 5.32 Å². The van der Waals surface area contributed by atoms with Gasteiger partial charge in [0.1, 0.15) is 0 Å². The molecule has 0 radical (unpaired) electrons. The second kappa shape index (κ2) is 9.32. The van der Waals surface area contributed by atoms with Crippen LogP contribution in [-0.2, 0) is 0 Å². The molecule has 0 aliphatic rings. The number of benzene rings is 2. The number of aliphatic hydroxyl groups excluding tert-OH is 1. The van der Waals surface area contributed by atoms with Crippen molar-refractivity contribution in [1.29, 1.82) is 0 Å². The highest BCUT2D eigenvalue weighted by Gasteiger charge is 2.22. The van der Waals surface area contributed by atoms with Crippen LogP contribution in [0, 0.1) is 0 Å². The zero-order chi connectivity index (χ0) is 20.1. The summed E-state index contributed by atoms with van der Waals surface area (Å²) in [4.78, 5) is 17.4. The molecule has 3 N–H and O–H groups in total. The van der Waals surface area contributed by atoms with Gasteiger partial charge >= 0.3 is 6.03 Å². The monoisotopic (exact) mass is 419 g/mol. The first-order valence-electron chi connectivity index (χ1n) is 9.19. The van der Waals surface area contributed by atoms with E-state index in [1.54, 1.807) is 17.0 Å². The van der Waals surface area contributed by atoms with Crippen molar-refractivity contribution in [2.45, 2.75) is 12.8 Å². The summed E-state index contributed by atoms with van der Waals surface area (Å²) in [6, 6.07) is 13.2. The van der Waals surface area contributed by atoms with Crippen LogP contribution in [0.15, 0.2) is 48.7 Å². The number of amides is 2. The Balaban J connectivity index is 1.94. The van der Waals surface area contributed by atoms with Gasteiger partial charge in [-0.2, -0.15) is 0 Å². The molecular formula is C21H23Cl2N3O2. The van der Waals surface area contributed by atoms with Crippen LogP contribution in [-0.4, -0.2) is 47.3 Å². The van der Waals surface area contributed by atoms with Crippen molar-refractivity contribution in [1.82, 2.24) is 15.2 Å². The summed E-state index contributed by atoms with van der Waals surface area (Å²) in [5.74, 6) is -0.155. The number of hydrogen-bond acceptors (Lipinski definition) is 2. The Bertz CT molecular complexity index is 958. The summed E-state index contributed by atoms with van der Waals surface area (Å²) in [5.41, 5.74) is 2.96. The SMILES string of the molecule is CCN(CCO)C(=O)NCC(c1ccc(Cl)cc1Cl)c1c[nH]c2ccccc12. The summed E-state index contributed by atoms with van der Waals surface area (Å²) in [6.07, 6.45) is 1.96. The molecule has 0 aliphatic carbocycles. The smallest absolute Gasteiger partial charge is 0.317 e. The van der Waals surface area contributed by atoms with E-state index in [4.69, 9.17) is 28.3 Å². The fourth-order valence-corrected chi connectivity index (χ4v) is 3.92. The molecule has 2 amide bonds. The molecule has 28 heavy (non-hydrogen) atoms. The molecule has 3 rings (SSSR count). The summed E-state index contributed by atoms with van der Waals surface area (Å²) in [6.45, 7) is 2.98. The number of nitrogens with zero attached hydrogens (tertiary/aromatic N) is 1. The number of H-pyrrole nitrogens is 1. The first kappa shape index (κ1) is 20.5. The molecule has 0 spiro atoms. The molecule has 1 atom stereocenters. The van der Waals surface area contributed by atoms with Gasteiger partial charge in [0.2, 0.25) is 0 Å².